The van der Waals surface area contributed by atoms with Gasteiger partial charge in [-0.3, -0.25) is 4.79 Å². The predicted molar refractivity (Wildman–Crippen MR) is 98.9 cm³/mol. The van der Waals surface area contributed by atoms with Crippen molar-refractivity contribution in [2.45, 2.75) is 65.1 Å². The molecule has 9 nitrogen and oxygen atoms in total. The van der Waals surface area contributed by atoms with Gasteiger partial charge in [0.25, 0.3) is 0 Å². The number of hydrogen-bond acceptors (Lipinski definition) is 6. The summed E-state index contributed by atoms with van der Waals surface area (Å²) in [6.45, 7) is 8.96. The topological polar surface area (TPSA) is 122 Å². The molecule has 3 atom stereocenters. The number of nitrogens with one attached hydrogen (secondary N) is 3. The number of ether oxygens (including phenoxy) is 2. The van der Waals surface area contributed by atoms with E-state index in [-0.39, 0.29) is 12.3 Å². The monoisotopic (exact) mass is 382 g/mol. The summed E-state index contributed by atoms with van der Waals surface area (Å²) in [5.74, 6) is -1.23. The fourth-order valence-electron chi connectivity index (χ4n) is 2.35. The van der Waals surface area contributed by atoms with Crippen LogP contribution in [-0.4, -0.2) is 52.7 Å². The number of hydrogen-bond donors (Lipinski definition) is 3. The average molecular weight is 382 g/mol. The third kappa shape index (κ3) is 7.67. The van der Waals surface area contributed by atoms with Gasteiger partial charge in [0, 0.05) is 18.3 Å². The third-order valence-corrected chi connectivity index (χ3v) is 3.95. The number of H-pyrrole nitrogens is 1. The second-order valence-corrected chi connectivity index (χ2v) is 7.37. The standard InChI is InChI=1S/C18H30N4O5/c1-7-11(2)14(22-17(25)27-18(3,4)5)15(23)21-13(16(24)26-6)8-12-9-19-10-20-12/h9-11,13-14H,7-8H2,1-6H3,(H,19,20)(H,21,23)(H,22,25)/t11-,13+,14-/m1/s1. The molecule has 0 bridgehead atoms. The van der Waals surface area contributed by atoms with Crippen molar-refractivity contribution in [1.29, 1.82) is 0 Å². The maximum Gasteiger partial charge on any atom is 0.408 e. The Kier molecular flexibility index (Phi) is 8.27. The van der Waals surface area contributed by atoms with E-state index in [4.69, 9.17) is 9.47 Å². The van der Waals surface area contributed by atoms with Gasteiger partial charge in [0.15, 0.2) is 0 Å². The molecule has 1 aromatic rings. The summed E-state index contributed by atoms with van der Waals surface area (Å²) in [7, 11) is 1.25. The SMILES string of the molecule is CC[C@@H](C)[C@@H](NC(=O)OC(C)(C)C)C(=O)N[C@@H](Cc1cnc[nH]1)C(=O)OC. The molecule has 0 radical (unpaired) electrons. The van der Waals surface area contributed by atoms with Gasteiger partial charge in [-0.15, -0.1) is 0 Å². The quantitative estimate of drug-likeness (QED) is 0.586. The fourth-order valence-corrected chi connectivity index (χ4v) is 2.35. The highest BCUT2D eigenvalue weighted by atomic mass is 16.6. The van der Waals surface area contributed by atoms with E-state index in [0.717, 1.165) is 0 Å². The number of aromatic amines is 1. The summed E-state index contributed by atoms with van der Waals surface area (Å²) < 4.78 is 10.0. The van der Waals surface area contributed by atoms with Gasteiger partial charge in [-0.25, -0.2) is 14.6 Å². The first-order valence-corrected chi connectivity index (χ1v) is 8.92. The summed E-state index contributed by atoms with van der Waals surface area (Å²) in [6, 6.07) is -1.76. The van der Waals surface area contributed by atoms with Crippen LogP contribution in [-0.2, 0) is 25.5 Å². The molecule has 3 N–H and O–H groups in total. The molecule has 0 unspecified atom stereocenters. The Labute approximate surface area is 159 Å². The molecule has 0 saturated heterocycles. The lowest BCUT2D eigenvalue weighted by Gasteiger charge is -2.27. The van der Waals surface area contributed by atoms with Crippen LogP contribution in [0.4, 0.5) is 4.79 Å². The molecular formula is C18H30N4O5. The van der Waals surface area contributed by atoms with Crippen LogP contribution < -0.4 is 10.6 Å². The van der Waals surface area contributed by atoms with E-state index in [9.17, 15) is 14.4 Å². The molecule has 0 aliphatic carbocycles. The van der Waals surface area contributed by atoms with Crippen LogP contribution in [0, 0.1) is 5.92 Å². The summed E-state index contributed by atoms with van der Waals surface area (Å²) in [4.78, 5) is 43.7. The van der Waals surface area contributed by atoms with Crippen molar-refractivity contribution >= 4 is 18.0 Å². The first-order chi connectivity index (χ1) is 12.6. The number of carbonyl (C=O) groups is 3. The van der Waals surface area contributed by atoms with Gasteiger partial charge in [0.05, 0.1) is 13.4 Å². The second-order valence-electron chi connectivity index (χ2n) is 7.37. The van der Waals surface area contributed by atoms with Crippen molar-refractivity contribution < 1.29 is 23.9 Å². The number of esters is 1. The van der Waals surface area contributed by atoms with Crippen LogP contribution in [0.3, 0.4) is 0 Å². The summed E-state index contributed by atoms with van der Waals surface area (Å²) in [5, 5.41) is 5.26. The number of aromatic nitrogens is 2. The first-order valence-electron chi connectivity index (χ1n) is 8.92. The molecule has 0 spiro atoms. The van der Waals surface area contributed by atoms with Crippen molar-refractivity contribution in [3.05, 3.63) is 18.2 Å². The van der Waals surface area contributed by atoms with Crippen molar-refractivity contribution in [2.24, 2.45) is 5.92 Å². The number of imidazole rings is 1. The van der Waals surface area contributed by atoms with E-state index in [1.54, 1.807) is 27.0 Å². The normalized spacial score (nSPS) is 14.6. The zero-order chi connectivity index (χ0) is 20.6. The van der Waals surface area contributed by atoms with Crippen molar-refractivity contribution in [1.82, 2.24) is 20.6 Å². The number of amides is 2. The molecule has 152 valence electrons. The molecule has 1 rings (SSSR count). The smallest absolute Gasteiger partial charge is 0.408 e. The molecule has 9 heteroatoms. The highest BCUT2D eigenvalue weighted by Crippen LogP contribution is 2.12. The Bertz CT molecular complexity index is 624. The Morgan fingerprint density at radius 3 is 2.41 bits per heavy atom. The summed E-state index contributed by atoms with van der Waals surface area (Å²) >= 11 is 0. The molecule has 2 amide bonds. The number of alkyl carbamates (subject to hydrolysis) is 1. The average Bonchev–Trinajstić information content (AvgIpc) is 3.09. The highest BCUT2D eigenvalue weighted by molar-refractivity contribution is 5.90. The molecular weight excluding hydrogens is 352 g/mol. The third-order valence-electron chi connectivity index (χ3n) is 3.95. The minimum atomic E-state index is -0.907. The lowest BCUT2D eigenvalue weighted by molar-refractivity contribution is -0.145. The van der Waals surface area contributed by atoms with Crippen LogP contribution in [0.5, 0.6) is 0 Å². The van der Waals surface area contributed by atoms with Gasteiger partial charge in [-0.1, -0.05) is 20.3 Å². The zero-order valence-corrected chi connectivity index (χ0v) is 16.8. The number of methoxy groups -OCH3 is 1. The Balaban J connectivity index is 2.88. The van der Waals surface area contributed by atoms with Crippen LogP contribution in [0.1, 0.15) is 46.7 Å². The van der Waals surface area contributed by atoms with Gasteiger partial charge in [0.1, 0.15) is 17.7 Å². The van der Waals surface area contributed by atoms with Crippen LogP contribution >= 0.6 is 0 Å². The lowest BCUT2D eigenvalue weighted by atomic mass is 9.98. The predicted octanol–water partition coefficient (Wildman–Crippen LogP) is 1.55. The zero-order valence-electron chi connectivity index (χ0n) is 16.8. The molecule has 0 aromatic carbocycles. The number of rotatable bonds is 8. The van der Waals surface area contributed by atoms with Crippen molar-refractivity contribution in [3.8, 4) is 0 Å². The molecule has 0 fully saturated rings. The van der Waals surface area contributed by atoms with E-state index >= 15 is 0 Å². The van der Waals surface area contributed by atoms with E-state index in [1.165, 1.54) is 13.4 Å². The first kappa shape index (κ1) is 22.5. The largest absolute Gasteiger partial charge is 0.467 e. The van der Waals surface area contributed by atoms with E-state index in [0.29, 0.717) is 12.1 Å². The molecule has 0 aliphatic rings. The maximum atomic E-state index is 12.8. The molecule has 27 heavy (non-hydrogen) atoms. The molecule has 1 heterocycles. The molecule has 0 aliphatic heterocycles. The highest BCUT2D eigenvalue weighted by Gasteiger charge is 2.31. The van der Waals surface area contributed by atoms with Crippen molar-refractivity contribution in [2.75, 3.05) is 7.11 Å². The van der Waals surface area contributed by atoms with E-state index in [2.05, 4.69) is 20.6 Å². The minimum Gasteiger partial charge on any atom is -0.467 e. The minimum absolute atomic E-state index is 0.164. The van der Waals surface area contributed by atoms with Crippen LogP contribution in [0.25, 0.3) is 0 Å². The van der Waals surface area contributed by atoms with Gasteiger partial charge < -0.3 is 25.1 Å². The van der Waals surface area contributed by atoms with E-state index in [1.807, 2.05) is 13.8 Å². The van der Waals surface area contributed by atoms with E-state index < -0.39 is 35.7 Å². The lowest BCUT2D eigenvalue weighted by Crippen LogP contribution is -2.55. The van der Waals surface area contributed by atoms with Crippen molar-refractivity contribution in [3.63, 3.8) is 0 Å². The Hall–Kier alpha value is -2.58. The van der Waals surface area contributed by atoms with Crippen LogP contribution in [0.15, 0.2) is 12.5 Å². The second kappa shape index (κ2) is 9.94. The maximum absolute atomic E-state index is 12.8. The van der Waals surface area contributed by atoms with Crippen LogP contribution in [0.2, 0.25) is 0 Å². The Morgan fingerprint density at radius 2 is 1.93 bits per heavy atom. The summed E-state index contributed by atoms with van der Waals surface area (Å²) in [5.41, 5.74) is -0.0127. The molecule has 1 aromatic heterocycles. The van der Waals surface area contributed by atoms with Gasteiger partial charge >= 0.3 is 12.1 Å². The summed E-state index contributed by atoms with van der Waals surface area (Å²) in [6.07, 6.45) is 3.20. The molecule has 0 saturated carbocycles. The number of nitrogens with zero attached hydrogens (tertiary/aromatic N) is 1. The van der Waals surface area contributed by atoms with Gasteiger partial charge in [-0.2, -0.15) is 0 Å². The van der Waals surface area contributed by atoms with Gasteiger partial charge in [0.2, 0.25) is 5.91 Å². The fraction of sp³-hybridized carbons (Fsp3) is 0.667. The Morgan fingerprint density at radius 1 is 1.26 bits per heavy atom. The number of carbonyl (C=O) groups excluding carboxylic acids is 3. The van der Waals surface area contributed by atoms with Gasteiger partial charge in [-0.05, 0) is 26.7 Å².